The highest BCUT2D eigenvalue weighted by atomic mass is 79.9. The van der Waals surface area contributed by atoms with E-state index in [1.54, 1.807) is 35.6 Å². The minimum absolute atomic E-state index is 0.244. The second-order valence-electron chi connectivity index (χ2n) is 4.92. The van der Waals surface area contributed by atoms with Crippen LogP contribution in [0, 0.1) is 0 Å². The van der Waals surface area contributed by atoms with E-state index in [0.717, 1.165) is 16.7 Å². The lowest BCUT2D eigenvalue weighted by Crippen LogP contribution is -2.23. The predicted octanol–water partition coefficient (Wildman–Crippen LogP) is 4.66. The van der Waals surface area contributed by atoms with Crippen molar-refractivity contribution < 1.29 is 8.42 Å². The van der Waals surface area contributed by atoms with Gasteiger partial charge in [0.25, 0.3) is 0 Å². The fraction of sp³-hybridized carbons (Fsp3) is 0.0588. The van der Waals surface area contributed by atoms with E-state index in [1.807, 2.05) is 35.7 Å². The Morgan fingerprint density at radius 3 is 2.48 bits per heavy atom. The van der Waals surface area contributed by atoms with Gasteiger partial charge >= 0.3 is 0 Å². The minimum atomic E-state index is -3.57. The first-order valence-electron chi connectivity index (χ1n) is 6.92. The van der Waals surface area contributed by atoms with Gasteiger partial charge in [-0.2, -0.15) is 11.3 Å². The van der Waals surface area contributed by atoms with Crippen molar-refractivity contribution in [1.82, 2.24) is 4.72 Å². The maximum Gasteiger partial charge on any atom is 0.241 e. The van der Waals surface area contributed by atoms with E-state index in [0.29, 0.717) is 4.47 Å². The maximum atomic E-state index is 12.5. The molecule has 118 valence electrons. The van der Waals surface area contributed by atoms with Crippen LogP contribution in [-0.4, -0.2) is 8.42 Å². The molecule has 0 fully saturated rings. The molecule has 0 saturated heterocycles. The van der Waals surface area contributed by atoms with Gasteiger partial charge in [-0.25, -0.2) is 13.1 Å². The van der Waals surface area contributed by atoms with Crippen molar-refractivity contribution in [3.63, 3.8) is 0 Å². The first-order chi connectivity index (χ1) is 11.1. The lowest BCUT2D eigenvalue weighted by atomic mass is 10.0. The van der Waals surface area contributed by atoms with Crippen molar-refractivity contribution in [2.75, 3.05) is 0 Å². The molecule has 0 bridgehead atoms. The topological polar surface area (TPSA) is 46.2 Å². The van der Waals surface area contributed by atoms with Crippen molar-refractivity contribution in [1.29, 1.82) is 0 Å². The molecule has 0 aliphatic rings. The summed E-state index contributed by atoms with van der Waals surface area (Å²) in [4.78, 5) is 0.244. The largest absolute Gasteiger partial charge is 0.241 e. The number of halogens is 1. The highest BCUT2D eigenvalue weighted by molar-refractivity contribution is 9.10. The van der Waals surface area contributed by atoms with Gasteiger partial charge in [0.05, 0.1) is 4.90 Å². The summed E-state index contributed by atoms with van der Waals surface area (Å²) in [6.07, 6.45) is 0. The molecule has 0 atom stereocenters. The summed E-state index contributed by atoms with van der Waals surface area (Å²) < 4.78 is 28.2. The number of rotatable bonds is 5. The zero-order chi connectivity index (χ0) is 16.3. The van der Waals surface area contributed by atoms with Crippen LogP contribution in [-0.2, 0) is 16.6 Å². The predicted molar refractivity (Wildman–Crippen MR) is 97.9 cm³/mol. The molecule has 1 N–H and O–H groups in total. The Kier molecular flexibility index (Phi) is 4.96. The lowest BCUT2D eigenvalue weighted by Gasteiger charge is -2.11. The third-order valence-electron chi connectivity index (χ3n) is 3.43. The number of hydrogen-bond acceptors (Lipinski definition) is 3. The van der Waals surface area contributed by atoms with Crippen LogP contribution in [0.25, 0.3) is 11.1 Å². The Hall–Kier alpha value is -1.47. The van der Waals surface area contributed by atoms with Crippen molar-refractivity contribution in [2.24, 2.45) is 0 Å². The Morgan fingerprint density at radius 1 is 1.00 bits per heavy atom. The monoisotopic (exact) mass is 407 g/mol. The first kappa shape index (κ1) is 16.4. The van der Waals surface area contributed by atoms with Crippen molar-refractivity contribution >= 4 is 37.3 Å². The molecule has 1 heterocycles. The standard InChI is InChI=1S/C17H14BrNO2S2/c18-16-7-3-4-8-17(16)23(20,21)19-11-13-5-1-2-6-15(13)14-9-10-22-12-14/h1-10,12,19H,11H2. The van der Waals surface area contributed by atoms with Crippen LogP contribution in [0.5, 0.6) is 0 Å². The number of hydrogen-bond donors (Lipinski definition) is 1. The summed E-state index contributed by atoms with van der Waals surface area (Å²) in [6, 6.07) is 16.6. The SMILES string of the molecule is O=S(=O)(NCc1ccccc1-c1ccsc1)c1ccccc1Br. The normalized spacial score (nSPS) is 11.5. The van der Waals surface area contributed by atoms with Crippen molar-refractivity contribution in [3.05, 3.63) is 75.4 Å². The molecule has 3 aromatic rings. The molecular formula is C17H14BrNO2S2. The van der Waals surface area contributed by atoms with Gasteiger partial charge in [-0.15, -0.1) is 0 Å². The molecule has 0 saturated carbocycles. The van der Waals surface area contributed by atoms with E-state index in [-0.39, 0.29) is 11.4 Å². The van der Waals surface area contributed by atoms with E-state index in [4.69, 9.17) is 0 Å². The van der Waals surface area contributed by atoms with E-state index in [9.17, 15) is 8.42 Å². The number of benzene rings is 2. The van der Waals surface area contributed by atoms with Gasteiger partial charge in [-0.3, -0.25) is 0 Å². The Labute approximate surface area is 148 Å². The highest BCUT2D eigenvalue weighted by Gasteiger charge is 2.17. The summed E-state index contributed by atoms with van der Waals surface area (Å²) in [5.41, 5.74) is 3.09. The zero-order valence-electron chi connectivity index (χ0n) is 12.1. The van der Waals surface area contributed by atoms with Gasteiger partial charge in [-0.1, -0.05) is 36.4 Å². The molecule has 0 aliphatic carbocycles. The molecule has 6 heteroatoms. The van der Waals surface area contributed by atoms with Crippen LogP contribution in [0.3, 0.4) is 0 Å². The molecular weight excluding hydrogens is 394 g/mol. The number of sulfonamides is 1. The molecule has 3 nitrogen and oxygen atoms in total. The van der Waals surface area contributed by atoms with E-state index >= 15 is 0 Å². The van der Waals surface area contributed by atoms with E-state index in [1.165, 1.54) is 0 Å². The number of thiophene rings is 1. The fourth-order valence-corrected chi connectivity index (χ4v) is 4.95. The quantitative estimate of drug-likeness (QED) is 0.668. The highest BCUT2D eigenvalue weighted by Crippen LogP contribution is 2.26. The van der Waals surface area contributed by atoms with Crippen LogP contribution >= 0.6 is 27.3 Å². The smallest absolute Gasteiger partial charge is 0.207 e. The summed E-state index contributed by atoms with van der Waals surface area (Å²) in [5, 5.41) is 4.07. The lowest BCUT2D eigenvalue weighted by molar-refractivity contribution is 0.581. The molecule has 2 aromatic carbocycles. The van der Waals surface area contributed by atoms with Gasteiger partial charge in [-0.05, 0) is 61.6 Å². The first-order valence-corrected chi connectivity index (χ1v) is 10.1. The maximum absolute atomic E-state index is 12.5. The van der Waals surface area contributed by atoms with E-state index < -0.39 is 10.0 Å². The van der Waals surface area contributed by atoms with Crippen molar-refractivity contribution in [2.45, 2.75) is 11.4 Å². The summed E-state index contributed by atoms with van der Waals surface area (Å²) in [6.45, 7) is 0.246. The van der Waals surface area contributed by atoms with Crippen LogP contribution in [0.4, 0.5) is 0 Å². The molecule has 0 spiro atoms. The molecule has 0 aliphatic heterocycles. The van der Waals surface area contributed by atoms with Gasteiger partial charge in [0.2, 0.25) is 10.0 Å². The molecule has 3 rings (SSSR count). The van der Waals surface area contributed by atoms with Crippen molar-refractivity contribution in [3.8, 4) is 11.1 Å². The Balaban J connectivity index is 1.86. The third-order valence-corrected chi connectivity index (χ3v) is 6.52. The van der Waals surface area contributed by atoms with Gasteiger partial charge in [0.15, 0.2) is 0 Å². The van der Waals surface area contributed by atoms with Gasteiger partial charge in [0.1, 0.15) is 0 Å². The second kappa shape index (κ2) is 6.97. The average molecular weight is 408 g/mol. The molecule has 0 radical (unpaired) electrons. The van der Waals surface area contributed by atoms with Gasteiger partial charge in [0, 0.05) is 11.0 Å². The number of nitrogens with one attached hydrogen (secondary N) is 1. The molecule has 1 aromatic heterocycles. The van der Waals surface area contributed by atoms with Crippen LogP contribution in [0.2, 0.25) is 0 Å². The summed E-state index contributed by atoms with van der Waals surface area (Å²) >= 11 is 4.91. The zero-order valence-corrected chi connectivity index (χ0v) is 15.3. The Morgan fingerprint density at radius 2 is 1.74 bits per heavy atom. The summed E-state index contributed by atoms with van der Waals surface area (Å²) in [5.74, 6) is 0. The third kappa shape index (κ3) is 3.72. The Bertz CT molecular complexity index is 906. The van der Waals surface area contributed by atoms with Crippen LogP contribution in [0.1, 0.15) is 5.56 Å². The molecule has 0 amide bonds. The van der Waals surface area contributed by atoms with Crippen LogP contribution in [0.15, 0.2) is 74.7 Å². The molecule has 0 unspecified atom stereocenters. The average Bonchev–Trinajstić information content (AvgIpc) is 3.08. The summed E-state index contributed by atoms with van der Waals surface area (Å²) in [7, 11) is -3.57. The van der Waals surface area contributed by atoms with Crippen LogP contribution < -0.4 is 4.72 Å². The van der Waals surface area contributed by atoms with E-state index in [2.05, 4.69) is 26.0 Å². The molecule has 23 heavy (non-hydrogen) atoms. The minimum Gasteiger partial charge on any atom is -0.207 e. The van der Waals surface area contributed by atoms with Gasteiger partial charge < -0.3 is 0 Å². The fourth-order valence-electron chi connectivity index (χ4n) is 2.29. The second-order valence-corrected chi connectivity index (χ2v) is 8.29.